The lowest BCUT2D eigenvalue weighted by atomic mass is 9.65. The van der Waals surface area contributed by atoms with Crippen LogP contribution in [-0.2, 0) is 19.0 Å². The molecule has 1 atom stereocenters. The SMILES string of the molecule is CC1(C)CC2(CCC13OCCO3)CC(=O)CO2. The molecular weight excluding hydrogens is 220 g/mol. The Morgan fingerprint density at radius 2 is 1.76 bits per heavy atom. The number of ether oxygens (including phenoxy) is 3. The normalized spacial score (nSPS) is 39.3. The fraction of sp³-hybridized carbons (Fsp3) is 0.923. The average molecular weight is 240 g/mol. The minimum Gasteiger partial charge on any atom is -0.367 e. The Morgan fingerprint density at radius 3 is 2.29 bits per heavy atom. The van der Waals surface area contributed by atoms with E-state index in [4.69, 9.17) is 14.2 Å². The van der Waals surface area contributed by atoms with E-state index in [0.29, 0.717) is 19.6 Å². The van der Waals surface area contributed by atoms with Crippen molar-refractivity contribution < 1.29 is 19.0 Å². The third-order valence-electron chi connectivity index (χ3n) is 4.52. The average Bonchev–Trinajstić information content (AvgIpc) is 2.82. The summed E-state index contributed by atoms with van der Waals surface area (Å²) in [7, 11) is 0. The molecule has 0 aromatic heterocycles. The van der Waals surface area contributed by atoms with Gasteiger partial charge in [0.25, 0.3) is 0 Å². The van der Waals surface area contributed by atoms with E-state index < -0.39 is 5.79 Å². The molecule has 4 heteroatoms. The number of carbonyl (C=O) groups is 1. The van der Waals surface area contributed by atoms with E-state index >= 15 is 0 Å². The lowest BCUT2D eigenvalue weighted by Crippen LogP contribution is -2.55. The van der Waals surface area contributed by atoms with Crippen molar-refractivity contribution >= 4 is 5.78 Å². The Labute approximate surface area is 102 Å². The first kappa shape index (κ1) is 11.6. The zero-order valence-corrected chi connectivity index (χ0v) is 10.6. The van der Waals surface area contributed by atoms with Crippen molar-refractivity contribution in [3.05, 3.63) is 0 Å². The van der Waals surface area contributed by atoms with Gasteiger partial charge in [0, 0.05) is 18.3 Å². The number of ketones is 1. The standard InChI is InChI=1S/C13H20O4/c1-11(2)9-12(7-10(14)8-17-12)3-4-13(11)15-5-6-16-13/h3-9H2,1-2H3. The Bertz CT molecular complexity index is 343. The van der Waals surface area contributed by atoms with Crippen molar-refractivity contribution in [3.63, 3.8) is 0 Å². The maximum atomic E-state index is 11.5. The summed E-state index contributed by atoms with van der Waals surface area (Å²) in [5.74, 6) is -0.224. The zero-order valence-electron chi connectivity index (χ0n) is 10.6. The van der Waals surface area contributed by atoms with E-state index in [9.17, 15) is 4.79 Å². The molecule has 1 unspecified atom stereocenters. The molecule has 3 rings (SSSR count). The highest BCUT2D eigenvalue weighted by atomic mass is 16.7. The molecule has 2 saturated heterocycles. The van der Waals surface area contributed by atoms with Crippen molar-refractivity contribution in [2.24, 2.45) is 5.41 Å². The van der Waals surface area contributed by atoms with Gasteiger partial charge in [0.2, 0.25) is 0 Å². The zero-order chi connectivity index (χ0) is 12.1. The summed E-state index contributed by atoms with van der Waals surface area (Å²) in [6.45, 7) is 5.95. The lowest BCUT2D eigenvalue weighted by Gasteiger charge is -2.51. The first-order chi connectivity index (χ1) is 7.97. The molecule has 3 fully saturated rings. The molecule has 0 aromatic carbocycles. The lowest BCUT2D eigenvalue weighted by molar-refractivity contribution is -0.271. The minimum absolute atomic E-state index is 0.105. The van der Waals surface area contributed by atoms with Crippen LogP contribution in [0.1, 0.15) is 39.5 Å². The van der Waals surface area contributed by atoms with E-state index in [1.807, 2.05) is 0 Å². The summed E-state index contributed by atoms with van der Waals surface area (Å²) in [5.41, 5.74) is -0.354. The molecule has 1 saturated carbocycles. The van der Waals surface area contributed by atoms with Crippen LogP contribution in [0.5, 0.6) is 0 Å². The predicted molar refractivity (Wildman–Crippen MR) is 60.6 cm³/mol. The summed E-state index contributed by atoms with van der Waals surface area (Å²) < 4.78 is 17.5. The molecule has 0 N–H and O–H groups in total. The number of Topliss-reactive ketones (excluding diaryl/α,β-unsaturated/α-hetero) is 1. The highest BCUT2D eigenvalue weighted by Crippen LogP contribution is 2.54. The summed E-state index contributed by atoms with van der Waals surface area (Å²) in [6, 6.07) is 0. The maximum absolute atomic E-state index is 11.5. The van der Waals surface area contributed by atoms with Crippen molar-refractivity contribution in [2.75, 3.05) is 19.8 Å². The number of hydrogen-bond donors (Lipinski definition) is 0. The fourth-order valence-electron chi connectivity index (χ4n) is 3.72. The van der Waals surface area contributed by atoms with Gasteiger partial charge in [0.15, 0.2) is 11.6 Å². The molecule has 2 aliphatic heterocycles. The van der Waals surface area contributed by atoms with E-state index in [2.05, 4.69) is 13.8 Å². The van der Waals surface area contributed by atoms with Crippen molar-refractivity contribution in [2.45, 2.75) is 50.9 Å². The van der Waals surface area contributed by atoms with E-state index in [1.165, 1.54) is 0 Å². The van der Waals surface area contributed by atoms with E-state index in [0.717, 1.165) is 19.3 Å². The van der Waals surface area contributed by atoms with Gasteiger partial charge in [-0.3, -0.25) is 4.79 Å². The van der Waals surface area contributed by atoms with Crippen LogP contribution >= 0.6 is 0 Å². The topological polar surface area (TPSA) is 44.8 Å². The quantitative estimate of drug-likeness (QED) is 0.646. The monoisotopic (exact) mass is 240 g/mol. The van der Waals surface area contributed by atoms with Crippen LogP contribution in [0.4, 0.5) is 0 Å². The van der Waals surface area contributed by atoms with Gasteiger partial charge in [-0.05, 0) is 12.8 Å². The van der Waals surface area contributed by atoms with E-state index in [-0.39, 0.29) is 23.4 Å². The smallest absolute Gasteiger partial charge is 0.173 e. The number of hydrogen-bond acceptors (Lipinski definition) is 4. The summed E-state index contributed by atoms with van der Waals surface area (Å²) in [4.78, 5) is 11.5. The summed E-state index contributed by atoms with van der Waals surface area (Å²) in [6.07, 6.45) is 3.09. The number of rotatable bonds is 0. The first-order valence-corrected chi connectivity index (χ1v) is 6.41. The third kappa shape index (κ3) is 1.65. The minimum atomic E-state index is -0.451. The van der Waals surface area contributed by atoms with Crippen molar-refractivity contribution in [1.29, 1.82) is 0 Å². The van der Waals surface area contributed by atoms with Gasteiger partial charge in [-0.25, -0.2) is 0 Å². The van der Waals surface area contributed by atoms with Gasteiger partial charge in [0.1, 0.15) is 6.61 Å². The predicted octanol–water partition coefficient (Wildman–Crippen LogP) is 1.67. The Hall–Kier alpha value is -0.450. The molecule has 2 heterocycles. The van der Waals surface area contributed by atoms with Crippen LogP contribution in [0.25, 0.3) is 0 Å². The maximum Gasteiger partial charge on any atom is 0.173 e. The molecule has 0 amide bonds. The third-order valence-corrected chi connectivity index (χ3v) is 4.52. The molecule has 0 radical (unpaired) electrons. The molecular formula is C13H20O4. The van der Waals surface area contributed by atoms with Crippen LogP contribution in [0.15, 0.2) is 0 Å². The molecule has 0 bridgehead atoms. The van der Waals surface area contributed by atoms with Gasteiger partial charge in [-0.2, -0.15) is 0 Å². The molecule has 96 valence electrons. The largest absolute Gasteiger partial charge is 0.367 e. The summed E-state index contributed by atoms with van der Waals surface area (Å²) >= 11 is 0. The molecule has 3 aliphatic rings. The molecule has 17 heavy (non-hydrogen) atoms. The number of carbonyl (C=O) groups excluding carboxylic acids is 1. The van der Waals surface area contributed by atoms with Crippen LogP contribution < -0.4 is 0 Å². The summed E-state index contributed by atoms with van der Waals surface area (Å²) in [5, 5.41) is 0. The molecule has 2 spiro atoms. The Morgan fingerprint density at radius 1 is 1.06 bits per heavy atom. The molecule has 0 aromatic rings. The van der Waals surface area contributed by atoms with Gasteiger partial charge < -0.3 is 14.2 Å². The second-order valence-corrected chi connectivity index (χ2v) is 6.20. The van der Waals surface area contributed by atoms with Gasteiger partial charge in [-0.15, -0.1) is 0 Å². The fourth-order valence-corrected chi connectivity index (χ4v) is 3.72. The van der Waals surface area contributed by atoms with Crippen LogP contribution in [0.2, 0.25) is 0 Å². The van der Waals surface area contributed by atoms with Gasteiger partial charge in [0.05, 0.1) is 18.8 Å². The van der Waals surface area contributed by atoms with Crippen molar-refractivity contribution in [3.8, 4) is 0 Å². The van der Waals surface area contributed by atoms with Gasteiger partial charge >= 0.3 is 0 Å². The second-order valence-electron chi connectivity index (χ2n) is 6.20. The molecule has 4 nitrogen and oxygen atoms in total. The highest BCUT2D eigenvalue weighted by molar-refractivity contribution is 5.82. The van der Waals surface area contributed by atoms with E-state index in [1.54, 1.807) is 0 Å². The Balaban J connectivity index is 1.83. The Kier molecular flexibility index (Phi) is 2.41. The highest BCUT2D eigenvalue weighted by Gasteiger charge is 2.59. The first-order valence-electron chi connectivity index (χ1n) is 6.41. The van der Waals surface area contributed by atoms with Crippen LogP contribution in [0.3, 0.4) is 0 Å². The van der Waals surface area contributed by atoms with Crippen LogP contribution in [0, 0.1) is 5.41 Å². The second kappa shape index (κ2) is 3.53. The molecule has 1 aliphatic carbocycles. The van der Waals surface area contributed by atoms with Crippen molar-refractivity contribution in [1.82, 2.24) is 0 Å². The van der Waals surface area contributed by atoms with Gasteiger partial charge in [-0.1, -0.05) is 13.8 Å². The van der Waals surface area contributed by atoms with Crippen LogP contribution in [-0.4, -0.2) is 37.0 Å².